The number of pyridine rings is 1. The third-order valence-corrected chi connectivity index (χ3v) is 3.88. The van der Waals surface area contributed by atoms with E-state index in [4.69, 9.17) is 9.47 Å². The summed E-state index contributed by atoms with van der Waals surface area (Å²) in [6, 6.07) is 14.9. The van der Waals surface area contributed by atoms with Crippen molar-refractivity contribution < 1.29 is 14.3 Å². The number of amides is 1. The van der Waals surface area contributed by atoms with Crippen LogP contribution in [0.1, 0.15) is 23.0 Å². The molecule has 0 unspecified atom stereocenters. The number of aromatic nitrogens is 1. The standard InChI is InChI=1S/C20H20N2O3/c1-4-25-18-10-9-15(12-19(18)24-3)22-20(23)16-11-14-7-5-6-8-17(14)21-13(16)2/h5-12H,4H2,1-3H3,(H,22,23). The molecule has 1 aromatic heterocycles. The summed E-state index contributed by atoms with van der Waals surface area (Å²) in [5, 5.41) is 3.83. The summed E-state index contributed by atoms with van der Waals surface area (Å²) in [5.41, 5.74) is 2.75. The van der Waals surface area contributed by atoms with Crippen LogP contribution in [0, 0.1) is 6.92 Å². The van der Waals surface area contributed by atoms with Crippen molar-refractivity contribution in [3.63, 3.8) is 0 Å². The molecule has 0 saturated carbocycles. The number of benzene rings is 2. The Morgan fingerprint density at radius 3 is 2.68 bits per heavy atom. The summed E-state index contributed by atoms with van der Waals surface area (Å²) in [6.45, 7) is 4.29. The number of fused-ring (bicyclic) bond motifs is 1. The molecular formula is C20H20N2O3. The number of anilines is 1. The molecule has 5 nitrogen and oxygen atoms in total. The molecule has 0 aliphatic carbocycles. The van der Waals surface area contributed by atoms with Crippen LogP contribution in [-0.2, 0) is 0 Å². The Balaban J connectivity index is 1.88. The number of para-hydroxylation sites is 1. The number of hydrogen-bond acceptors (Lipinski definition) is 4. The van der Waals surface area contributed by atoms with Crippen molar-refractivity contribution in [1.29, 1.82) is 0 Å². The molecule has 0 atom stereocenters. The van der Waals surface area contributed by atoms with Gasteiger partial charge in [-0.15, -0.1) is 0 Å². The van der Waals surface area contributed by atoms with Crippen LogP contribution in [0.4, 0.5) is 5.69 Å². The number of nitrogens with one attached hydrogen (secondary N) is 1. The molecule has 0 fully saturated rings. The topological polar surface area (TPSA) is 60.5 Å². The van der Waals surface area contributed by atoms with E-state index in [9.17, 15) is 4.79 Å². The fourth-order valence-corrected chi connectivity index (χ4v) is 2.66. The highest BCUT2D eigenvalue weighted by Gasteiger charge is 2.13. The molecule has 3 aromatic rings. The molecule has 0 spiro atoms. The SMILES string of the molecule is CCOc1ccc(NC(=O)c2cc3ccccc3nc2C)cc1OC. The van der Waals surface area contributed by atoms with E-state index in [1.807, 2.05) is 44.2 Å². The Morgan fingerprint density at radius 1 is 1.12 bits per heavy atom. The first kappa shape index (κ1) is 16.8. The maximum atomic E-state index is 12.7. The normalized spacial score (nSPS) is 10.5. The van der Waals surface area contributed by atoms with Crippen molar-refractivity contribution in [2.75, 3.05) is 19.0 Å². The van der Waals surface area contributed by atoms with Crippen LogP contribution in [0.3, 0.4) is 0 Å². The molecule has 0 bridgehead atoms. The van der Waals surface area contributed by atoms with E-state index < -0.39 is 0 Å². The summed E-state index contributed by atoms with van der Waals surface area (Å²) in [4.78, 5) is 17.2. The van der Waals surface area contributed by atoms with Crippen molar-refractivity contribution in [3.8, 4) is 11.5 Å². The Morgan fingerprint density at radius 2 is 1.92 bits per heavy atom. The zero-order chi connectivity index (χ0) is 17.8. The average Bonchev–Trinajstić information content (AvgIpc) is 2.62. The lowest BCUT2D eigenvalue weighted by atomic mass is 10.1. The molecule has 0 aliphatic heterocycles. The van der Waals surface area contributed by atoms with Gasteiger partial charge in [-0.2, -0.15) is 0 Å². The molecule has 0 radical (unpaired) electrons. The smallest absolute Gasteiger partial charge is 0.257 e. The van der Waals surface area contributed by atoms with Gasteiger partial charge in [0.1, 0.15) is 0 Å². The summed E-state index contributed by atoms with van der Waals surface area (Å²) < 4.78 is 10.8. The molecule has 0 aliphatic rings. The van der Waals surface area contributed by atoms with Gasteiger partial charge in [0.2, 0.25) is 0 Å². The van der Waals surface area contributed by atoms with Gasteiger partial charge in [0.15, 0.2) is 11.5 Å². The van der Waals surface area contributed by atoms with Gasteiger partial charge in [0, 0.05) is 17.1 Å². The van der Waals surface area contributed by atoms with E-state index in [0.29, 0.717) is 35.1 Å². The fraction of sp³-hybridized carbons (Fsp3) is 0.200. The summed E-state index contributed by atoms with van der Waals surface area (Å²) >= 11 is 0. The van der Waals surface area contributed by atoms with Gasteiger partial charge in [-0.05, 0) is 38.1 Å². The number of hydrogen-bond donors (Lipinski definition) is 1. The van der Waals surface area contributed by atoms with Gasteiger partial charge >= 0.3 is 0 Å². The lowest BCUT2D eigenvalue weighted by Crippen LogP contribution is -2.14. The molecule has 25 heavy (non-hydrogen) atoms. The zero-order valence-electron chi connectivity index (χ0n) is 14.5. The number of nitrogens with zero attached hydrogens (tertiary/aromatic N) is 1. The van der Waals surface area contributed by atoms with E-state index in [2.05, 4.69) is 10.3 Å². The van der Waals surface area contributed by atoms with Gasteiger partial charge in [0.25, 0.3) is 5.91 Å². The van der Waals surface area contributed by atoms with Crippen LogP contribution in [0.5, 0.6) is 11.5 Å². The minimum atomic E-state index is -0.207. The van der Waals surface area contributed by atoms with Gasteiger partial charge < -0.3 is 14.8 Å². The van der Waals surface area contributed by atoms with E-state index >= 15 is 0 Å². The molecule has 128 valence electrons. The Kier molecular flexibility index (Phi) is 4.84. The van der Waals surface area contributed by atoms with E-state index in [1.54, 1.807) is 25.3 Å². The minimum Gasteiger partial charge on any atom is -0.493 e. The van der Waals surface area contributed by atoms with Crippen LogP contribution in [-0.4, -0.2) is 24.6 Å². The van der Waals surface area contributed by atoms with Crippen molar-refractivity contribution >= 4 is 22.5 Å². The molecule has 0 saturated heterocycles. The molecular weight excluding hydrogens is 316 g/mol. The Bertz CT molecular complexity index is 922. The number of aryl methyl sites for hydroxylation is 1. The second-order valence-electron chi connectivity index (χ2n) is 5.57. The highest BCUT2D eigenvalue weighted by atomic mass is 16.5. The summed E-state index contributed by atoms with van der Waals surface area (Å²) in [6.07, 6.45) is 0. The van der Waals surface area contributed by atoms with Crippen molar-refractivity contribution in [1.82, 2.24) is 4.98 Å². The Hall–Kier alpha value is -3.08. The van der Waals surface area contributed by atoms with E-state index in [-0.39, 0.29) is 5.91 Å². The van der Waals surface area contributed by atoms with Gasteiger partial charge in [-0.25, -0.2) is 0 Å². The molecule has 1 heterocycles. The monoisotopic (exact) mass is 336 g/mol. The second kappa shape index (κ2) is 7.21. The van der Waals surface area contributed by atoms with Crippen molar-refractivity contribution in [2.24, 2.45) is 0 Å². The predicted molar refractivity (Wildman–Crippen MR) is 98.6 cm³/mol. The van der Waals surface area contributed by atoms with E-state index in [0.717, 1.165) is 10.9 Å². The first-order chi connectivity index (χ1) is 12.1. The van der Waals surface area contributed by atoms with Gasteiger partial charge in [-0.1, -0.05) is 18.2 Å². The lowest BCUT2D eigenvalue weighted by molar-refractivity contribution is 0.102. The van der Waals surface area contributed by atoms with Crippen molar-refractivity contribution in [3.05, 3.63) is 59.8 Å². The fourth-order valence-electron chi connectivity index (χ4n) is 2.66. The molecule has 3 rings (SSSR count). The van der Waals surface area contributed by atoms with Crippen LogP contribution in [0.2, 0.25) is 0 Å². The van der Waals surface area contributed by atoms with E-state index in [1.165, 1.54) is 0 Å². The Labute approximate surface area is 146 Å². The third kappa shape index (κ3) is 3.55. The van der Waals surface area contributed by atoms with Gasteiger partial charge in [-0.3, -0.25) is 9.78 Å². The number of rotatable bonds is 5. The minimum absolute atomic E-state index is 0.207. The summed E-state index contributed by atoms with van der Waals surface area (Å²) in [5.74, 6) is 1.02. The van der Waals surface area contributed by atoms with Gasteiger partial charge in [0.05, 0.1) is 30.5 Å². The lowest BCUT2D eigenvalue weighted by Gasteiger charge is -2.12. The number of carbonyl (C=O) groups excluding carboxylic acids is 1. The van der Waals surface area contributed by atoms with Crippen LogP contribution >= 0.6 is 0 Å². The first-order valence-electron chi connectivity index (χ1n) is 8.11. The second-order valence-corrected chi connectivity index (χ2v) is 5.57. The predicted octanol–water partition coefficient (Wildman–Crippen LogP) is 4.20. The van der Waals surface area contributed by atoms with Crippen LogP contribution in [0.15, 0.2) is 48.5 Å². The first-order valence-corrected chi connectivity index (χ1v) is 8.11. The zero-order valence-corrected chi connectivity index (χ0v) is 14.5. The highest BCUT2D eigenvalue weighted by Crippen LogP contribution is 2.30. The summed E-state index contributed by atoms with van der Waals surface area (Å²) in [7, 11) is 1.57. The molecule has 2 aromatic carbocycles. The third-order valence-electron chi connectivity index (χ3n) is 3.88. The quantitative estimate of drug-likeness (QED) is 0.758. The molecule has 1 amide bonds. The number of carbonyl (C=O) groups is 1. The van der Waals surface area contributed by atoms with Crippen LogP contribution < -0.4 is 14.8 Å². The van der Waals surface area contributed by atoms with Crippen LogP contribution in [0.25, 0.3) is 10.9 Å². The molecule has 1 N–H and O–H groups in total. The largest absolute Gasteiger partial charge is 0.493 e. The maximum absolute atomic E-state index is 12.7. The van der Waals surface area contributed by atoms with Crippen molar-refractivity contribution in [2.45, 2.75) is 13.8 Å². The average molecular weight is 336 g/mol. The molecule has 5 heteroatoms. The number of ether oxygens (including phenoxy) is 2. The highest BCUT2D eigenvalue weighted by molar-refractivity contribution is 6.06. The number of methoxy groups -OCH3 is 1. The maximum Gasteiger partial charge on any atom is 0.257 e.